The fraction of sp³-hybridized carbons (Fsp3) is 0.0732. The van der Waals surface area contributed by atoms with E-state index in [9.17, 15) is 0 Å². The number of benzene rings is 8. The standard InChI is InChI=1S/C41H28/c1-41(2)36-24-30(31-20-17-28-16-15-26-12-8-13-27-18-21-33(31)38(28)37(26)27)19-22-34(36)39-35(25-9-4-3-5-10-25)23-29-11-6-7-14-32(29)40(39)41/h3-24H,1-2H3. The van der Waals surface area contributed by atoms with Gasteiger partial charge in [0.25, 0.3) is 0 Å². The minimum absolute atomic E-state index is 0.130. The second kappa shape index (κ2) is 8.05. The van der Waals surface area contributed by atoms with E-state index in [-0.39, 0.29) is 5.41 Å². The van der Waals surface area contributed by atoms with E-state index in [0.29, 0.717) is 0 Å². The zero-order chi connectivity index (χ0) is 27.3. The molecule has 41 heavy (non-hydrogen) atoms. The highest BCUT2D eigenvalue weighted by Crippen LogP contribution is 2.55. The van der Waals surface area contributed by atoms with Crippen molar-refractivity contribution in [2.75, 3.05) is 0 Å². The van der Waals surface area contributed by atoms with Gasteiger partial charge in [-0.2, -0.15) is 0 Å². The lowest BCUT2D eigenvalue weighted by Crippen LogP contribution is -2.15. The molecule has 8 aromatic rings. The van der Waals surface area contributed by atoms with E-state index in [4.69, 9.17) is 0 Å². The lowest BCUT2D eigenvalue weighted by molar-refractivity contribution is 0.666. The van der Waals surface area contributed by atoms with Crippen LogP contribution in [0.5, 0.6) is 0 Å². The molecule has 0 spiro atoms. The summed E-state index contributed by atoms with van der Waals surface area (Å²) in [7, 11) is 0. The predicted octanol–water partition coefficient (Wildman–Crippen LogP) is 11.4. The summed E-state index contributed by atoms with van der Waals surface area (Å²) < 4.78 is 0. The third-order valence-corrected chi connectivity index (χ3v) is 9.56. The van der Waals surface area contributed by atoms with Gasteiger partial charge in [0, 0.05) is 5.41 Å². The molecule has 0 saturated carbocycles. The molecular formula is C41H28. The summed E-state index contributed by atoms with van der Waals surface area (Å²) in [6.45, 7) is 4.82. The van der Waals surface area contributed by atoms with Crippen LogP contribution in [0.3, 0.4) is 0 Å². The summed E-state index contributed by atoms with van der Waals surface area (Å²) in [6, 6.07) is 49.8. The molecule has 0 heterocycles. The van der Waals surface area contributed by atoms with Crippen molar-refractivity contribution in [3.05, 3.63) is 145 Å². The minimum Gasteiger partial charge on any atom is -0.0622 e. The van der Waals surface area contributed by atoms with E-state index < -0.39 is 0 Å². The van der Waals surface area contributed by atoms with Crippen LogP contribution in [-0.4, -0.2) is 0 Å². The predicted molar refractivity (Wildman–Crippen MR) is 176 cm³/mol. The molecule has 192 valence electrons. The van der Waals surface area contributed by atoms with Crippen molar-refractivity contribution in [3.8, 4) is 33.4 Å². The Bertz CT molecular complexity index is 2300. The largest absolute Gasteiger partial charge is 0.0622 e. The van der Waals surface area contributed by atoms with Gasteiger partial charge in [-0.1, -0.05) is 135 Å². The van der Waals surface area contributed by atoms with Crippen LogP contribution in [0.1, 0.15) is 25.0 Å². The van der Waals surface area contributed by atoms with Crippen LogP contribution < -0.4 is 0 Å². The molecule has 0 nitrogen and oxygen atoms in total. The molecule has 0 unspecified atom stereocenters. The van der Waals surface area contributed by atoms with Gasteiger partial charge in [-0.25, -0.2) is 0 Å². The first-order valence-electron chi connectivity index (χ1n) is 14.5. The fourth-order valence-electron chi connectivity index (χ4n) is 7.69. The molecule has 0 saturated heterocycles. The van der Waals surface area contributed by atoms with Crippen molar-refractivity contribution >= 4 is 43.1 Å². The Labute approximate surface area is 239 Å². The SMILES string of the molecule is CC1(C)c2cc(-c3ccc4ccc5cccc6ccc3c4c56)ccc2-c2c(-c3ccccc3)cc3ccccc3c21. The summed E-state index contributed by atoms with van der Waals surface area (Å²) in [5.74, 6) is 0. The summed E-state index contributed by atoms with van der Waals surface area (Å²) in [5, 5.41) is 10.7. The van der Waals surface area contributed by atoms with Gasteiger partial charge in [-0.05, 0) is 99.7 Å². The summed E-state index contributed by atoms with van der Waals surface area (Å²) in [6.07, 6.45) is 0. The molecule has 8 aromatic carbocycles. The average Bonchev–Trinajstić information content (AvgIpc) is 3.26. The van der Waals surface area contributed by atoms with Crippen molar-refractivity contribution in [2.45, 2.75) is 19.3 Å². The molecular weight excluding hydrogens is 492 g/mol. The Morgan fingerprint density at radius 1 is 0.415 bits per heavy atom. The van der Waals surface area contributed by atoms with Gasteiger partial charge in [-0.3, -0.25) is 0 Å². The lowest BCUT2D eigenvalue weighted by Gasteiger charge is -2.24. The number of hydrogen-bond acceptors (Lipinski definition) is 0. The minimum atomic E-state index is -0.130. The van der Waals surface area contributed by atoms with Crippen molar-refractivity contribution in [2.24, 2.45) is 0 Å². The highest BCUT2D eigenvalue weighted by Gasteiger charge is 2.39. The van der Waals surface area contributed by atoms with Gasteiger partial charge in [0.1, 0.15) is 0 Å². The van der Waals surface area contributed by atoms with Crippen molar-refractivity contribution in [3.63, 3.8) is 0 Å². The summed E-state index contributed by atoms with van der Waals surface area (Å²) >= 11 is 0. The number of fused-ring (bicyclic) bond motifs is 5. The molecule has 9 rings (SSSR count). The van der Waals surface area contributed by atoms with E-state index in [2.05, 4.69) is 147 Å². The molecule has 0 bridgehead atoms. The van der Waals surface area contributed by atoms with Crippen LogP contribution in [0.15, 0.2) is 133 Å². The van der Waals surface area contributed by atoms with Gasteiger partial charge in [0.2, 0.25) is 0 Å². The second-order valence-electron chi connectivity index (χ2n) is 12.1. The second-order valence-corrected chi connectivity index (χ2v) is 12.1. The van der Waals surface area contributed by atoms with E-state index in [1.807, 2.05) is 0 Å². The zero-order valence-corrected chi connectivity index (χ0v) is 23.2. The van der Waals surface area contributed by atoms with E-state index >= 15 is 0 Å². The van der Waals surface area contributed by atoms with Crippen molar-refractivity contribution in [1.82, 2.24) is 0 Å². The van der Waals surface area contributed by atoms with E-state index in [1.165, 1.54) is 87.6 Å². The Balaban J connectivity index is 1.33. The van der Waals surface area contributed by atoms with E-state index in [1.54, 1.807) is 0 Å². The maximum Gasteiger partial charge on any atom is 0.0165 e. The fourth-order valence-corrected chi connectivity index (χ4v) is 7.69. The van der Waals surface area contributed by atoms with Crippen molar-refractivity contribution in [1.29, 1.82) is 0 Å². The van der Waals surface area contributed by atoms with E-state index in [0.717, 1.165) is 0 Å². The highest BCUT2D eigenvalue weighted by atomic mass is 14.4. The maximum atomic E-state index is 2.48. The molecule has 1 aliphatic rings. The molecule has 0 radical (unpaired) electrons. The zero-order valence-electron chi connectivity index (χ0n) is 23.2. The first-order chi connectivity index (χ1) is 20.1. The quantitative estimate of drug-likeness (QED) is 0.199. The Morgan fingerprint density at radius 2 is 1.07 bits per heavy atom. The third kappa shape index (κ3) is 3.05. The normalized spacial score (nSPS) is 13.8. The van der Waals surface area contributed by atoms with Gasteiger partial charge >= 0.3 is 0 Å². The summed E-state index contributed by atoms with van der Waals surface area (Å²) in [4.78, 5) is 0. The smallest absolute Gasteiger partial charge is 0.0165 e. The Morgan fingerprint density at radius 3 is 1.90 bits per heavy atom. The first-order valence-corrected chi connectivity index (χ1v) is 14.5. The molecule has 0 N–H and O–H groups in total. The summed E-state index contributed by atoms with van der Waals surface area (Å²) in [5.41, 5.74) is 10.6. The van der Waals surface area contributed by atoms with Crippen LogP contribution >= 0.6 is 0 Å². The lowest BCUT2D eigenvalue weighted by atomic mass is 9.78. The first kappa shape index (κ1) is 22.8. The van der Waals surface area contributed by atoms with Crippen LogP contribution in [0.2, 0.25) is 0 Å². The molecule has 0 aromatic heterocycles. The van der Waals surface area contributed by atoms with Crippen molar-refractivity contribution < 1.29 is 0 Å². The molecule has 0 atom stereocenters. The van der Waals surface area contributed by atoms with Gasteiger partial charge in [-0.15, -0.1) is 0 Å². The molecule has 0 fully saturated rings. The van der Waals surface area contributed by atoms with Gasteiger partial charge in [0.05, 0.1) is 0 Å². The monoisotopic (exact) mass is 520 g/mol. The van der Waals surface area contributed by atoms with Crippen LogP contribution in [0.25, 0.3) is 76.5 Å². The average molecular weight is 521 g/mol. The molecule has 0 aliphatic heterocycles. The highest BCUT2D eigenvalue weighted by molar-refractivity contribution is 6.25. The van der Waals surface area contributed by atoms with Gasteiger partial charge < -0.3 is 0 Å². The Hall–Kier alpha value is -4.94. The topological polar surface area (TPSA) is 0 Å². The maximum absolute atomic E-state index is 2.48. The molecule has 0 amide bonds. The van der Waals surface area contributed by atoms with Crippen LogP contribution in [0.4, 0.5) is 0 Å². The van der Waals surface area contributed by atoms with Gasteiger partial charge in [0.15, 0.2) is 0 Å². The number of rotatable bonds is 2. The number of hydrogen-bond donors (Lipinski definition) is 0. The van der Waals surface area contributed by atoms with Crippen LogP contribution in [-0.2, 0) is 5.41 Å². The van der Waals surface area contributed by atoms with Crippen LogP contribution in [0, 0.1) is 0 Å². The molecule has 1 aliphatic carbocycles. The molecule has 0 heteroatoms. The third-order valence-electron chi connectivity index (χ3n) is 9.56. The Kier molecular flexibility index (Phi) is 4.49.